The van der Waals surface area contributed by atoms with E-state index >= 15 is 0 Å². The third-order valence-electron chi connectivity index (χ3n) is 4.86. The second-order valence-corrected chi connectivity index (χ2v) is 7.49. The molecule has 3 rings (SSSR count). The van der Waals surface area contributed by atoms with E-state index in [2.05, 4.69) is 57.1 Å². The van der Waals surface area contributed by atoms with Gasteiger partial charge < -0.3 is 5.32 Å². The van der Waals surface area contributed by atoms with Crippen LogP contribution in [0.25, 0.3) is 0 Å². The summed E-state index contributed by atoms with van der Waals surface area (Å²) in [5.41, 5.74) is 1.43. The first-order valence-electron chi connectivity index (χ1n) is 7.69. The van der Waals surface area contributed by atoms with Gasteiger partial charge in [0.15, 0.2) is 0 Å². The Morgan fingerprint density at radius 2 is 2.25 bits per heavy atom. The highest BCUT2D eigenvalue weighted by Gasteiger charge is 2.41. The van der Waals surface area contributed by atoms with Gasteiger partial charge in [0.05, 0.1) is 5.69 Å². The van der Waals surface area contributed by atoms with Crippen LogP contribution in [0.3, 0.4) is 0 Å². The van der Waals surface area contributed by atoms with Crippen LogP contribution in [0.1, 0.15) is 38.8 Å². The van der Waals surface area contributed by atoms with E-state index in [1.165, 1.54) is 25.0 Å². The van der Waals surface area contributed by atoms with Crippen molar-refractivity contribution in [2.45, 2.75) is 51.2 Å². The second kappa shape index (κ2) is 5.74. The van der Waals surface area contributed by atoms with Gasteiger partial charge >= 0.3 is 0 Å². The number of hydrogen-bond donors (Lipinski definition) is 1. The Balaban J connectivity index is 1.73. The minimum Gasteiger partial charge on any atom is -0.309 e. The fourth-order valence-electron chi connectivity index (χ4n) is 3.17. The molecule has 0 spiro atoms. The first-order valence-corrected chi connectivity index (χ1v) is 8.48. The van der Waals surface area contributed by atoms with Gasteiger partial charge in [0, 0.05) is 41.9 Å². The highest BCUT2D eigenvalue weighted by Crippen LogP contribution is 2.38. The molecule has 2 heterocycles. The van der Waals surface area contributed by atoms with Crippen LogP contribution in [0.15, 0.2) is 22.8 Å². The summed E-state index contributed by atoms with van der Waals surface area (Å²) >= 11 is 3.46. The Bertz CT molecular complexity index is 457. The van der Waals surface area contributed by atoms with Gasteiger partial charge in [-0.3, -0.25) is 9.88 Å². The van der Waals surface area contributed by atoms with Crippen molar-refractivity contribution >= 4 is 15.9 Å². The Kier molecular flexibility index (Phi) is 4.16. The molecule has 0 aromatic carbocycles. The zero-order valence-corrected chi connectivity index (χ0v) is 14.0. The van der Waals surface area contributed by atoms with Gasteiger partial charge in [-0.1, -0.05) is 6.92 Å². The summed E-state index contributed by atoms with van der Waals surface area (Å²) in [6.07, 6.45) is 5.89. The summed E-state index contributed by atoms with van der Waals surface area (Å²) in [7, 11) is 0. The molecule has 0 radical (unpaired) electrons. The summed E-state index contributed by atoms with van der Waals surface area (Å²) in [6, 6.07) is 4.93. The lowest BCUT2D eigenvalue weighted by Gasteiger charge is -2.46. The summed E-state index contributed by atoms with van der Waals surface area (Å²) in [6.45, 7) is 7.86. The predicted molar refractivity (Wildman–Crippen MR) is 85.6 cm³/mol. The van der Waals surface area contributed by atoms with Gasteiger partial charge in [0.1, 0.15) is 0 Å². The van der Waals surface area contributed by atoms with E-state index in [0.717, 1.165) is 30.0 Å². The molecule has 1 saturated heterocycles. The van der Waals surface area contributed by atoms with Crippen molar-refractivity contribution in [1.29, 1.82) is 0 Å². The number of piperazine rings is 1. The van der Waals surface area contributed by atoms with Crippen molar-refractivity contribution in [1.82, 2.24) is 15.2 Å². The molecule has 0 bridgehead atoms. The molecule has 1 saturated carbocycles. The number of nitrogens with zero attached hydrogens (tertiary/aromatic N) is 2. The topological polar surface area (TPSA) is 28.2 Å². The van der Waals surface area contributed by atoms with Crippen LogP contribution < -0.4 is 5.32 Å². The molecule has 2 fully saturated rings. The molecule has 2 unspecified atom stereocenters. The van der Waals surface area contributed by atoms with Gasteiger partial charge in [0.2, 0.25) is 0 Å². The Morgan fingerprint density at radius 1 is 1.45 bits per heavy atom. The Labute approximate surface area is 130 Å². The Hall–Kier alpha value is -0.450. The second-order valence-electron chi connectivity index (χ2n) is 6.57. The van der Waals surface area contributed by atoms with E-state index in [4.69, 9.17) is 0 Å². The highest BCUT2D eigenvalue weighted by atomic mass is 79.9. The van der Waals surface area contributed by atoms with Crippen LogP contribution in [0.2, 0.25) is 0 Å². The zero-order chi connectivity index (χ0) is 14.2. The zero-order valence-electron chi connectivity index (χ0n) is 12.4. The van der Waals surface area contributed by atoms with Crippen molar-refractivity contribution in [3.8, 4) is 0 Å². The molecular formula is C16H24BrN3. The number of rotatable bonds is 4. The lowest BCUT2D eigenvalue weighted by atomic mass is 9.92. The lowest BCUT2D eigenvalue weighted by molar-refractivity contribution is 0.0652. The normalized spacial score (nSPS) is 31.4. The number of hydrogen-bond acceptors (Lipinski definition) is 3. The van der Waals surface area contributed by atoms with Gasteiger partial charge in [-0.05, 0) is 60.2 Å². The monoisotopic (exact) mass is 337 g/mol. The van der Waals surface area contributed by atoms with Gasteiger partial charge in [-0.2, -0.15) is 0 Å². The first kappa shape index (κ1) is 14.5. The van der Waals surface area contributed by atoms with E-state index in [0.29, 0.717) is 6.04 Å². The smallest absolute Gasteiger partial charge is 0.0544 e. The van der Waals surface area contributed by atoms with Crippen LogP contribution in [-0.2, 0) is 6.54 Å². The van der Waals surface area contributed by atoms with Crippen molar-refractivity contribution in [3.63, 3.8) is 0 Å². The van der Waals surface area contributed by atoms with Crippen LogP contribution in [0.5, 0.6) is 0 Å². The summed E-state index contributed by atoms with van der Waals surface area (Å²) in [5.74, 6) is 0.902. The minimum absolute atomic E-state index is 0.251. The molecular weight excluding hydrogens is 314 g/mol. The average Bonchev–Trinajstić information content (AvgIpc) is 3.26. The van der Waals surface area contributed by atoms with E-state index in [-0.39, 0.29) is 5.54 Å². The molecule has 1 aromatic heterocycles. The maximum Gasteiger partial charge on any atom is 0.0544 e. The number of pyridine rings is 1. The molecule has 4 heteroatoms. The molecule has 2 atom stereocenters. The van der Waals surface area contributed by atoms with Crippen LogP contribution in [-0.4, -0.2) is 34.6 Å². The van der Waals surface area contributed by atoms with E-state index in [9.17, 15) is 0 Å². The van der Waals surface area contributed by atoms with E-state index < -0.39 is 0 Å². The largest absolute Gasteiger partial charge is 0.309 e. The molecule has 3 nitrogen and oxygen atoms in total. The standard InChI is InChI=1S/C16H24BrN3/c1-3-16(2)11-20(15(9-19-16)12-4-5-12)10-14-7-6-13(17)8-18-14/h6-8,12,15,19H,3-5,9-11H2,1-2H3. The molecule has 20 heavy (non-hydrogen) atoms. The molecule has 1 N–H and O–H groups in total. The van der Waals surface area contributed by atoms with Crippen molar-refractivity contribution < 1.29 is 0 Å². The minimum atomic E-state index is 0.251. The molecule has 1 aliphatic carbocycles. The van der Waals surface area contributed by atoms with E-state index in [1.807, 2.05) is 6.20 Å². The predicted octanol–water partition coefficient (Wildman–Crippen LogP) is 3.20. The highest BCUT2D eigenvalue weighted by molar-refractivity contribution is 9.10. The van der Waals surface area contributed by atoms with Gasteiger partial charge in [-0.25, -0.2) is 0 Å². The fourth-order valence-corrected chi connectivity index (χ4v) is 3.40. The van der Waals surface area contributed by atoms with Gasteiger partial charge in [-0.15, -0.1) is 0 Å². The number of nitrogens with one attached hydrogen (secondary N) is 1. The maximum absolute atomic E-state index is 4.55. The van der Waals surface area contributed by atoms with E-state index in [1.54, 1.807) is 0 Å². The molecule has 2 aliphatic rings. The average molecular weight is 338 g/mol. The third kappa shape index (κ3) is 3.23. The number of halogens is 1. The summed E-state index contributed by atoms with van der Waals surface area (Å²) in [5, 5.41) is 3.77. The summed E-state index contributed by atoms with van der Waals surface area (Å²) < 4.78 is 1.05. The molecule has 0 amide bonds. The van der Waals surface area contributed by atoms with Crippen LogP contribution in [0.4, 0.5) is 0 Å². The third-order valence-corrected chi connectivity index (χ3v) is 5.33. The van der Waals surface area contributed by atoms with Crippen molar-refractivity contribution in [3.05, 3.63) is 28.5 Å². The lowest BCUT2D eigenvalue weighted by Crippen LogP contribution is -2.62. The fraction of sp³-hybridized carbons (Fsp3) is 0.688. The first-order chi connectivity index (χ1) is 9.59. The van der Waals surface area contributed by atoms with Gasteiger partial charge in [0.25, 0.3) is 0 Å². The maximum atomic E-state index is 4.55. The van der Waals surface area contributed by atoms with Crippen molar-refractivity contribution in [2.75, 3.05) is 13.1 Å². The quantitative estimate of drug-likeness (QED) is 0.914. The molecule has 1 aromatic rings. The summed E-state index contributed by atoms with van der Waals surface area (Å²) in [4.78, 5) is 7.21. The SMILES string of the molecule is CCC1(C)CN(Cc2ccc(Br)cn2)C(C2CC2)CN1. The van der Waals surface area contributed by atoms with Crippen LogP contribution in [0, 0.1) is 5.92 Å². The molecule has 1 aliphatic heterocycles. The number of aromatic nitrogens is 1. The Morgan fingerprint density at radius 3 is 2.85 bits per heavy atom. The van der Waals surface area contributed by atoms with Crippen molar-refractivity contribution in [2.24, 2.45) is 5.92 Å². The van der Waals surface area contributed by atoms with Crippen LogP contribution >= 0.6 is 15.9 Å². The molecule has 110 valence electrons.